The Kier molecular flexibility index (Phi) is 4.93. The first kappa shape index (κ1) is 14.5. The molecule has 5 nitrogen and oxygen atoms in total. The summed E-state index contributed by atoms with van der Waals surface area (Å²) in [4.78, 5) is 7.79. The molecule has 0 atom stereocenters. The lowest BCUT2D eigenvalue weighted by atomic mass is 10.1. The van der Waals surface area contributed by atoms with E-state index in [0.717, 1.165) is 37.4 Å². The zero-order chi connectivity index (χ0) is 12.4. The van der Waals surface area contributed by atoms with Gasteiger partial charge >= 0.3 is 0 Å². The van der Waals surface area contributed by atoms with Crippen molar-refractivity contribution in [3.63, 3.8) is 0 Å². The average molecular weight is 301 g/mol. The van der Waals surface area contributed by atoms with Crippen molar-refractivity contribution < 1.29 is 4.52 Å². The summed E-state index contributed by atoms with van der Waals surface area (Å²) in [5.41, 5.74) is 5.88. The summed E-state index contributed by atoms with van der Waals surface area (Å²) in [5, 5.41) is 6.02. The minimum absolute atomic E-state index is 0. The Bertz CT molecular complexity index is 494. The van der Waals surface area contributed by atoms with Gasteiger partial charge in [-0.05, 0) is 24.3 Å². The topological polar surface area (TPSA) is 68.2 Å². The smallest absolute Gasteiger partial charge is 0.241 e. The molecule has 104 valence electrons. The van der Waals surface area contributed by atoms with Crippen LogP contribution in [0.3, 0.4) is 0 Å². The molecule has 2 N–H and O–H groups in total. The Morgan fingerprint density at radius 2 is 2.21 bits per heavy atom. The summed E-state index contributed by atoms with van der Waals surface area (Å²) in [7, 11) is 0. The Morgan fingerprint density at radius 1 is 1.42 bits per heavy atom. The lowest BCUT2D eigenvalue weighted by Crippen LogP contribution is -2.39. The summed E-state index contributed by atoms with van der Waals surface area (Å²) in [5.74, 6) is 1.38. The second kappa shape index (κ2) is 6.47. The monoisotopic (exact) mass is 300 g/mol. The summed E-state index contributed by atoms with van der Waals surface area (Å²) >= 11 is 1.62. The van der Waals surface area contributed by atoms with Gasteiger partial charge in [0.15, 0.2) is 0 Å². The number of rotatable bonds is 3. The van der Waals surface area contributed by atoms with E-state index in [2.05, 4.69) is 15.0 Å². The molecule has 3 rings (SSSR count). The van der Waals surface area contributed by atoms with Crippen LogP contribution in [0.15, 0.2) is 22.0 Å². The molecule has 2 aromatic heterocycles. The van der Waals surface area contributed by atoms with Gasteiger partial charge in [0.1, 0.15) is 0 Å². The Balaban J connectivity index is 0.00000133. The van der Waals surface area contributed by atoms with Gasteiger partial charge in [-0.25, -0.2) is 0 Å². The Hall–Kier alpha value is -0.950. The van der Waals surface area contributed by atoms with Gasteiger partial charge < -0.3 is 10.3 Å². The number of thiophene rings is 1. The summed E-state index contributed by atoms with van der Waals surface area (Å²) < 4.78 is 5.29. The number of nitrogens with two attached hydrogens (primary N) is 1. The highest BCUT2D eigenvalue weighted by Gasteiger charge is 2.18. The average Bonchev–Trinajstić information content (AvgIpc) is 3.02. The molecule has 1 aliphatic heterocycles. The molecule has 7 heteroatoms. The van der Waals surface area contributed by atoms with Crippen molar-refractivity contribution >= 4 is 23.7 Å². The standard InChI is InChI=1S/C12H16N4OS.ClH/c13-9-3-5-16(6-4-9)8-11-14-12(15-17-11)10-2-1-7-18-10;/h1-2,7,9H,3-6,8,13H2;1H. The Morgan fingerprint density at radius 3 is 2.89 bits per heavy atom. The first-order valence-electron chi connectivity index (χ1n) is 6.15. The first-order chi connectivity index (χ1) is 8.81. The fourth-order valence-corrected chi connectivity index (χ4v) is 2.78. The minimum atomic E-state index is 0. The second-order valence-corrected chi connectivity index (χ2v) is 5.55. The van der Waals surface area contributed by atoms with Crippen LogP contribution in [-0.4, -0.2) is 34.2 Å². The summed E-state index contributed by atoms with van der Waals surface area (Å²) in [6.07, 6.45) is 2.10. The highest BCUT2D eigenvalue weighted by molar-refractivity contribution is 7.13. The van der Waals surface area contributed by atoms with Crippen molar-refractivity contribution in [3.8, 4) is 10.7 Å². The molecule has 2 aromatic rings. The van der Waals surface area contributed by atoms with Crippen molar-refractivity contribution in [1.29, 1.82) is 0 Å². The van der Waals surface area contributed by atoms with Gasteiger partial charge in [-0.1, -0.05) is 11.2 Å². The lowest BCUT2D eigenvalue weighted by molar-refractivity contribution is 0.182. The largest absolute Gasteiger partial charge is 0.338 e. The van der Waals surface area contributed by atoms with Crippen LogP contribution in [0, 0.1) is 0 Å². The number of piperidine rings is 1. The van der Waals surface area contributed by atoms with Gasteiger partial charge in [-0.3, -0.25) is 4.90 Å². The number of aromatic nitrogens is 2. The molecule has 0 amide bonds. The van der Waals surface area contributed by atoms with Crippen molar-refractivity contribution in [2.24, 2.45) is 5.73 Å². The van der Waals surface area contributed by atoms with Gasteiger partial charge in [-0.15, -0.1) is 23.7 Å². The van der Waals surface area contributed by atoms with Crippen LogP contribution in [0.25, 0.3) is 10.7 Å². The number of halogens is 1. The molecule has 0 aliphatic carbocycles. The Labute approximate surface area is 122 Å². The molecular formula is C12H17ClN4OS. The maximum atomic E-state index is 5.88. The molecule has 0 bridgehead atoms. The molecule has 19 heavy (non-hydrogen) atoms. The van der Waals surface area contributed by atoms with E-state index in [0.29, 0.717) is 17.8 Å². The molecule has 0 unspecified atom stereocenters. The van der Waals surface area contributed by atoms with Gasteiger partial charge in [0, 0.05) is 19.1 Å². The van der Waals surface area contributed by atoms with Crippen molar-refractivity contribution in [1.82, 2.24) is 15.0 Å². The van der Waals surface area contributed by atoms with Crippen LogP contribution >= 0.6 is 23.7 Å². The van der Waals surface area contributed by atoms with Crippen LogP contribution in [-0.2, 0) is 6.54 Å². The van der Waals surface area contributed by atoms with E-state index >= 15 is 0 Å². The number of likely N-dealkylation sites (tertiary alicyclic amines) is 1. The van der Waals surface area contributed by atoms with Crippen LogP contribution in [0.2, 0.25) is 0 Å². The summed E-state index contributed by atoms with van der Waals surface area (Å²) in [6, 6.07) is 4.34. The van der Waals surface area contributed by atoms with E-state index in [1.54, 1.807) is 11.3 Å². The highest BCUT2D eigenvalue weighted by Crippen LogP contribution is 2.22. The zero-order valence-electron chi connectivity index (χ0n) is 10.5. The predicted octanol–water partition coefficient (Wildman–Crippen LogP) is 2.14. The molecule has 1 fully saturated rings. The predicted molar refractivity (Wildman–Crippen MR) is 77.3 cm³/mol. The quantitative estimate of drug-likeness (QED) is 0.940. The van der Waals surface area contributed by atoms with Crippen LogP contribution in [0.1, 0.15) is 18.7 Å². The van der Waals surface area contributed by atoms with Crippen molar-refractivity contribution in [2.45, 2.75) is 25.4 Å². The van der Waals surface area contributed by atoms with E-state index in [-0.39, 0.29) is 12.4 Å². The van der Waals surface area contributed by atoms with Crippen molar-refractivity contribution in [3.05, 3.63) is 23.4 Å². The van der Waals surface area contributed by atoms with Crippen molar-refractivity contribution in [2.75, 3.05) is 13.1 Å². The molecule has 0 spiro atoms. The maximum Gasteiger partial charge on any atom is 0.241 e. The van der Waals surface area contributed by atoms with E-state index in [1.165, 1.54) is 0 Å². The SMILES string of the molecule is Cl.NC1CCN(Cc2nc(-c3cccs3)no2)CC1. The molecule has 1 saturated heterocycles. The molecule has 0 saturated carbocycles. The van der Waals surface area contributed by atoms with Gasteiger partial charge in [0.2, 0.25) is 11.7 Å². The van der Waals surface area contributed by atoms with Crippen LogP contribution in [0.5, 0.6) is 0 Å². The van der Waals surface area contributed by atoms with Crippen LogP contribution in [0.4, 0.5) is 0 Å². The fourth-order valence-electron chi connectivity index (χ4n) is 2.13. The first-order valence-corrected chi connectivity index (χ1v) is 7.03. The number of nitrogens with zero attached hydrogens (tertiary/aromatic N) is 3. The molecule has 0 aromatic carbocycles. The number of hydrogen-bond donors (Lipinski definition) is 1. The van der Waals surface area contributed by atoms with Gasteiger partial charge in [-0.2, -0.15) is 4.98 Å². The third-order valence-corrected chi connectivity index (χ3v) is 4.07. The lowest BCUT2D eigenvalue weighted by Gasteiger charge is -2.28. The fraction of sp³-hybridized carbons (Fsp3) is 0.500. The van der Waals surface area contributed by atoms with E-state index < -0.39 is 0 Å². The van der Waals surface area contributed by atoms with Crippen LogP contribution < -0.4 is 5.73 Å². The normalized spacial score (nSPS) is 17.3. The third-order valence-electron chi connectivity index (χ3n) is 3.20. The van der Waals surface area contributed by atoms with Gasteiger partial charge in [0.25, 0.3) is 0 Å². The summed E-state index contributed by atoms with van der Waals surface area (Å²) in [6.45, 7) is 2.75. The highest BCUT2D eigenvalue weighted by atomic mass is 35.5. The van der Waals surface area contributed by atoms with E-state index in [1.807, 2.05) is 17.5 Å². The molecular weight excluding hydrogens is 284 g/mol. The maximum absolute atomic E-state index is 5.88. The van der Waals surface area contributed by atoms with E-state index in [9.17, 15) is 0 Å². The zero-order valence-corrected chi connectivity index (χ0v) is 12.1. The second-order valence-electron chi connectivity index (χ2n) is 4.60. The van der Waals surface area contributed by atoms with E-state index in [4.69, 9.17) is 10.3 Å². The third kappa shape index (κ3) is 3.54. The minimum Gasteiger partial charge on any atom is -0.338 e. The number of hydrogen-bond acceptors (Lipinski definition) is 6. The molecule has 3 heterocycles. The molecule has 1 aliphatic rings. The molecule has 0 radical (unpaired) electrons. The van der Waals surface area contributed by atoms with Gasteiger partial charge in [0.05, 0.1) is 11.4 Å².